The van der Waals surface area contributed by atoms with Gasteiger partial charge in [-0.1, -0.05) is 88.0 Å². The lowest BCUT2D eigenvalue weighted by Gasteiger charge is -2.29. The number of hydrogen-bond donors (Lipinski definition) is 0. The molecule has 0 unspecified atom stereocenters. The van der Waals surface area contributed by atoms with Crippen LogP contribution in [0.3, 0.4) is 0 Å². The first-order valence-electron chi connectivity index (χ1n) is 14.0. The quantitative estimate of drug-likeness (QED) is 0.213. The Balaban J connectivity index is 1.27. The molecule has 1 nitrogen and oxygen atoms in total. The van der Waals surface area contributed by atoms with E-state index in [2.05, 4.69) is 73.4 Å². The van der Waals surface area contributed by atoms with E-state index in [1.807, 2.05) is 13.0 Å². The Bertz CT molecular complexity index is 1110. The van der Waals surface area contributed by atoms with Gasteiger partial charge in [-0.05, 0) is 97.2 Å². The minimum absolute atomic E-state index is 0.689. The second kappa shape index (κ2) is 13.4. The fourth-order valence-electron chi connectivity index (χ4n) is 5.54. The Morgan fingerprint density at radius 2 is 1.34 bits per heavy atom. The average Bonchev–Trinajstić information content (AvgIpc) is 2.90. The molecule has 1 saturated carbocycles. The third-order valence-electron chi connectivity index (χ3n) is 7.67. The summed E-state index contributed by atoms with van der Waals surface area (Å²) in [5.41, 5.74) is 3.65. The van der Waals surface area contributed by atoms with Gasteiger partial charge in [-0.2, -0.15) is 0 Å². The smallest absolute Gasteiger partial charge is 0.119 e. The highest BCUT2D eigenvalue weighted by molar-refractivity contribution is 5.85. The van der Waals surface area contributed by atoms with E-state index in [0.29, 0.717) is 6.61 Å². The highest BCUT2D eigenvalue weighted by atomic mass is 16.5. The van der Waals surface area contributed by atoms with Crippen LogP contribution in [0.4, 0.5) is 0 Å². The largest absolute Gasteiger partial charge is 0.494 e. The van der Waals surface area contributed by atoms with Crippen LogP contribution < -0.4 is 4.74 Å². The van der Waals surface area contributed by atoms with Gasteiger partial charge in [0.2, 0.25) is 0 Å². The third kappa shape index (κ3) is 7.63. The van der Waals surface area contributed by atoms with Gasteiger partial charge in [0, 0.05) is 11.1 Å². The maximum atomic E-state index is 5.61. The van der Waals surface area contributed by atoms with Crippen molar-refractivity contribution in [2.45, 2.75) is 90.4 Å². The first-order valence-corrected chi connectivity index (χ1v) is 14.0. The SMILES string of the molecule is CCCCCCCC[C@H]1CC[C@H](c2ccc(C#Cc3ccc4cc(OCC)ccc4c3)cc2)CC1. The molecular weight excluding hydrogens is 424 g/mol. The van der Waals surface area contributed by atoms with Crippen molar-refractivity contribution < 1.29 is 4.74 Å². The highest BCUT2D eigenvalue weighted by Gasteiger charge is 2.21. The first kappa shape index (κ1) is 25.4. The Labute approximate surface area is 213 Å². The van der Waals surface area contributed by atoms with E-state index in [1.165, 1.54) is 87.0 Å². The predicted octanol–water partition coefficient (Wildman–Crippen LogP) is 9.66. The maximum absolute atomic E-state index is 5.61. The average molecular weight is 467 g/mol. The van der Waals surface area contributed by atoms with E-state index in [1.54, 1.807) is 0 Å². The van der Waals surface area contributed by atoms with Crippen molar-refractivity contribution in [1.29, 1.82) is 0 Å². The Kier molecular flexibility index (Phi) is 9.71. The van der Waals surface area contributed by atoms with Crippen molar-refractivity contribution in [1.82, 2.24) is 0 Å². The van der Waals surface area contributed by atoms with Crippen LogP contribution in [0.15, 0.2) is 60.7 Å². The lowest BCUT2D eigenvalue weighted by molar-refractivity contribution is 0.302. The molecule has 1 fully saturated rings. The molecule has 1 heteroatoms. The zero-order valence-electron chi connectivity index (χ0n) is 21.8. The second-order valence-corrected chi connectivity index (χ2v) is 10.3. The van der Waals surface area contributed by atoms with Gasteiger partial charge in [-0.15, -0.1) is 0 Å². The normalized spacial score (nSPS) is 17.7. The molecular formula is C34H42O. The number of hydrogen-bond acceptors (Lipinski definition) is 1. The number of rotatable bonds is 10. The highest BCUT2D eigenvalue weighted by Crippen LogP contribution is 2.37. The summed E-state index contributed by atoms with van der Waals surface area (Å²) in [4.78, 5) is 0. The van der Waals surface area contributed by atoms with Crippen molar-refractivity contribution in [3.05, 3.63) is 77.4 Å². The van der Waals surface area contributed by atoms with E-state index in [0.717, 1.165) is 28.7 Å². The minimum atomic E-state index is 0.689. The summed E-state index contributed by atoms with van der Waals surface area (Å²) in [6, 6.07) is 21.7. The lowest BCUT2D eigenvalue weighted by Crippen LogP contribution is -2.13. The van der Waals surface area contributed by atoms with Crippen LogP contribution in [0.5, 0.6) is 5.75 Å². The molecule has 35 heavy (non-hydrogen) atoms. The van der Waals surface area contributed by atoms with Gasteiger partial charge in [0.15, 0.2) is 0 Å². The summed E-state index contributed by atoms with van der Waals surface area (Å²) in [6.45, 7) is 5.00. The predicted molar refractivity (Wildman–Crippen MR) is 150 cm³/mol. The van der Waals surface area contributed by atoms with E-state index in [4.69, 9.17) is 4.74 Å². The van der Waals surface area contributed by atoms with E-state index < -0.39 is 0 Å². The van der Waals surface area contributed by atoms with E-state index >= 15 is 0 Å². The minimum Gasteiger partial charge on any atom is -0.494 e. The molecule has 3 aromatic carbocycles. The van der Waals surface area contributed by atoms with Crippen molar-refractivity contribution >= 4 is 10.8 Å². The zero-order valence-corrected chi connectivity index (χ0v) is 21.8. The summed E-state index contributed by atoms with van der Waals surface area (Å²) in [7, 11) is 0. The molecule has 0 saturated heterocycles. The molecule has 0 atom stereocenters. The molecule has 0 heterocycles. The molecule has 3 aromatic rings. The molecule has 0 N–H and O–H groups in total. The van der Waals surface area contributed by atoms with E-state index in [-0.39, 0.29) is 0 Å². The molecule has 184 valence electrons. The molecule has 0 amide bonds. The Morgan fingerprint density at radius 1 is 0.686 bits per heavy atom. The number of ether oxygens (including phenoxy) is 1. The van der Waals surface area contributed by atoms with Gasteiger partial charge < -0.3 is 4.74 Å². The van der Waals surface area contributed by atoms with Crippen molar-refractivity contribution in [3.8, 4) is 17.6 Å². The summed E-state index contributed by atoms with van der Waals surface area (Å²) in [6.07, 6.45) is 15.5. The summed E-state index contributed by atoms with van der Waals surface area (Å²) >= 11 is 0. The standard InChI is InChI=1S/C34H42O/c1-3-5-6-7-8-9-10-27-13-18-30(19-14-27)31-20-15-28(16-21-31)11-12-29-17-22-33-26-34(35-4-2)24-23-32(33)25-29/h15-17,20-27,30H,3-10,13-14,18-19H2,1-2H3/t27-,30-. The molecule has 1 aliphatic rings. The molecule has 1 aliphatic carbocycles. The van der Waals surface area contributed by atoms with Crippen molar-refractivity contribution in [2.24, 2.45) is 5.92 Å². The molecule has 0 bridgehead atoms. The molecule has 0 aliphatic heterocycles. The number of fused-ring (bicyclic) bond motifs is 1. The first-order chi connectivity index (χ1) is 17.2. The van der Waals surface area contributed by atoms with Gasteiger partial charge in [0.25, 0.3) is 0 Å². The number of unbranched alkanes of at least 4 members (excludes halogenated alkanes) is 5. The summed E-state index contributed by atoms with van der Waals surface area (Å²) < 4.78 is 5.61. The van der Waals surface area contributed by atoms with Gasteiger partial charge in [0.05, 0.1) is 6.61 Å². The van der Waals surface area contributed by atoms with Crippen LogP contribution >= 0.6 is 0 Å². The molecule has 0 spiro atoms. The second-order valence-electron chi connectivity index (χ2n) is 10.3. The van der Waals surface area contributed by atoms with E-state index in [9.17, 15) is 0 Å². The van der Waals surface area contributed by atoms with Crippen molar-refractivity contribution in [2.75, 3.05) is 6.61 Å². The number of benzene rings is 3. The topological polar surface area (TPSA) is 9.23 Å². The van der Waals surface area contributed by atoms with Crippen LogP contribution in [-0.4, -0.2) is 6.61 Å². The summed E-state index contributed by atoms with van der Waals surface area (Å²) in [5, 5.41) is 2.38. The maximum Gasteiger partial charge on any atom is 0.119 e. The fraction of sp³-hybridized carbons (Fsp3) is 0.471. The third-order valence-corrected chi connectivity index (χ3v) is 7.67. The molecule has 0 aromatic heterocycles. The van der Waals surface area contributed by atoms with Crippen LogP contribution in [0.2, 0.25) is 0 Å². The van der Waals surface area contributed by atoms with Gasteiger partial charge in [-0.3, -0.25) is 0 Å². The van der Waals surface area contributed by atoms with Crippen LogP contribution in [-0.2, 0) is 0 Å². The van der Waals surface area contributed by atoms with Crippen LogP contribution in [0.1, 0.15) is 107 Å². The van der Waals surface area contributed by atoms with Crippen molar-refractivity contribution in [3.63, 3.8) is 0 Å². The Hall–Kier alpha value is -2.72. The van der Waals surface area contributed by atoms with Crippen LogP contribution in [0.25, 0.3) is 10.8 Å². The molecule has 0 radical (unpaired) electrons. The summed E-state index contributed by atoms with van der Waals surface area (Å²) in [5.74, 6) is 9.34. The fourth-order valence-corrected chi connectivity index (χ4v) is 5.54. The van der Waals surface area contributed by atoms with Gasteiger partial charge >= 0.3 is 0 Å². The van der Waals surface area contributed by atoms with Crippen LogP contribution in [0, 0.1) is 17.8 Å². The monoisotopic (exact) mass is 466 g/mol. The zero-order chi connectivity index (χ0) is 24.3. The van der Waals surface area contributed by atoms with Gasteiger partial charge in [0.1, 0.15) is 5.75 Å². The lowest BCUT2D eigenvalue weighted by atomic mass is 9.77. The molecule has 4 rings (SSSR count). The Morgan fingerprint density at radius 3 is 2.11 bits per heavy atom. The van der Waals surface area contributed by atoms with Gasteiger partial charge in [-0.25, -0.2) is 0 Å².